The normalized spacial score (nSPS) is 19.9. The van der Waals surface area contributed by atoms with Gasteiger partial charge in [0.05, 0.1) is 0 Å². The zero-order chi connectivity index (χ0) is 20.5. The molecule has 1 aliphatic rings. The Balaban J connectivity index is 2.04. The third-order valence-corrected chi connectivity index (χ3v) is 5.63. The molecule has 0 aliphatic heterocycles. The zero-order valence-corrected chi connectivity index (χ0v) is 16.7. The largest absolute Gasteiger partial charge is 0.508 e. The summed E-state index contributed by atoms with van der Waals surface area (Å²) in [5.74, 6) is 0.663. The number of guanidine groups is 1. The molecule has 3 rings (SSSR count). The van der Waals surface area contributed by atoms with Crippen molar-refractivity contribution in [2.24, 2.45) is 10.7 Å². The molecule has 0 spiro atoms. The van der Waals surface area contributed by atoms with Gasteiger partial charge in [0, 0.05) is 25.2 Å². The van der Waals surface area contributed by atoms with Gasteiger partial charge in [-0.25, -0.2) is 9.38 Å². The molecule has 2 aromatic rings. The summed E-state index contributed by atoms with van der Waals surface area (Å²) in [6.07, 6.45) is 1.36. The third kappa shape index (κ3) is 3.75. The Labute approximate surface area is 166 Å². The van der Waals surface area contributed by atoms with Crippen LogP contribution in [0.5, 0.6) is 5.75 Å². The highest BCUT2D eigenvalue weighted by Gasteiger charge is 2.41. The second kappa shape index (κ2) is 7.66. The Morgan fingerprint density at radius 3 is 2.57 bits per heavy atom. The standard InChI is InChI=1S/C23H28FN3O/c1-15(24)18-7-5-17(6-8-18)14-23(16(2)26-22(25)27(3)4)12-11-19-13-20(28)9-10-21(19)23/h5-10,13,15,28H,2,11-12,14H2,1,3-4H3,(H2,25,26). The number of halogens is 1. The molecule has 2 unspecified atom stereocenters. The van der Waals surface area contributed by atoms with Gasteiger partial charge in [-0.3, -0.25) is 0 Å². The molecule has 148 valence electrons. The van der Waals surface area contributed by atoms with Crippen LogP contribution in [0.4, 0.5) is 4.39 Å². The number of nitrogens with zero attached hydrogens (tertiary/aromatic N) is 2. The fraction of sp³-hybridized carbons (Fsp3) is 0.348. The third-order valence-electron chi connectivity index (χ3n) is 5.63. The first kappa shape index (κ1) is 19.9. The molecule has 0 radical (unpaired) electrons. The van der Waals surface area contributed by atoms with Crippen molar-refractivity contribution in [3.63, 3.8) is 0 Å². The second-order valence-corrected chi connectivity index (χ2v) is 7.77. The zero-order valence-electron chi connectivity index (χ0n) is 16.7. The predicted octanol–water partition coefficient (Wildman–Crippen LogP) is 4.24. The van der Waals surface area contributed by atoms with Gasteiger partial charge in [-0.1, -0.05) is 36.9 Å². The smallest absolute Gasteiger partial charge is 0.195 e. The molecule has 1 aliphatic carbocycles. The molecule has 3 N–H and O–H groups in total. The number of nitrogens with two attached hydrogens (primary N) is 1. The maximum Gasteiger partial charge on any atom is 0.195 e. The Kier molecular flexibility index (Phi) is 5.45. The number of benzene rings is 2. The summed E-state index contributed by atoms with van der Waals surface area (Å²) in [6.45, 7) is 5.82. The number of phenols is 1. The Hall–Kier alpha value is -2.82. The first-order valence-corrected chi connectivity index (χ1v) is 9.49. The highest BCUT2D eigenvalue weighted by atomic mass is 19.1. The van der Waals surface area contributed by atoms with Gasteiger partial charge in [-0.2, -0.15) is 0 Å². The van der Waals surface area contributed by atoms with E-state index in [1.807, 2.05) is 50.5 Å². The van der Waals surface area contributed by atoms with Crippen LogP contribution in [0.15, 0.2) is 59.7 Å². The molecular weight excluding hydrogens is 353 g/mol. The van der Waals surface area contributed by atoms with Crippen LogP contribution in [0.3, 0.4) is 0 Å². The molecule has 28 heavy (non-hydrogen) atoms. The highest BCUT2D eigenvalue weighted by molar-refractivity contribution is 5.79. The number of alkyl halides is 1. The maximum atomic E-state index is 13.6. The molecule has 0 amide bonds. The van der Waals surface area contributed by atoms with Crippen molar-refractivity contribution in [2.45, 2.75) is 37.8 Å². The lowest BCUT2D eigenvalue weighted by Crippen LogP contribution is -2.34. The summed E-state index contributed by atoms with van der Waals surface area (Å²) in [4.78, 5) is 6.35. The summed E-state index contributed by atoms with van der Waals surface area (Å²) in [6, 6.07) is 13.1. The molecule has 2 atom stereocenters. The Morgan fingerprint density at radius 1 is 1.29 bits per heavy atom. The van der Waals surface area contributed by atoms with E-state index >= 15 is 0 Å². The monoisotopic (exact) mass is 381 g/mol. The number of aromatic hydroxyl groups is 1. The fourth-order valence-electron chi connectivity index (χ4n) is 3.92. The van der Waals surface area contributed by atoms with E-state index in [4.69, 9.17) is 5.73 Å². The fourth-order valence-corrected chi connectivity index (χ4v) is 3.92. The van der Waals surface area contributed by atoms with E-state index < -0.39 is 11.6 Å². The van der Waals surface area contributed by atoms with E-state index in [-0.39, 0.29) is 5.75 Å². The number of hydrogen-bond acceptors (Lipinski definition) is 2. The lowest BCUT2D eigenvalue weighted by atomic mass is 9.74. The average molecular weight is 381 g/mol. The van der Waals surface area contributed by atoms with Gasteiger partial charge in [-0.05, 0) is 60.6 Å². The summed E-state index contributed by atoms with van der Waals surface area (Å²) >= 11 is 0. The molecule has 0 aromatic heterocycles. The minimum Gasteiger partial charge on any atom is -0.508 e. The molecule has 4 nitrogen and oxygen atoms in total. The lowest BCUT2D eigenvalue weighted by molar-refractivity contribution is 0.374. The van der Waals surface area contributed by atoms with Crippen LogP contribution >= 0.6 is 0 Å². The van der Waals surface area contributed by atoms with Crippen molar-refractivity contribution < 1.29 is 9.50 Å². The van der Waals surface area contributed by atoms with Crippen molar-refractivity contribution in [3.05, 3.63) is 77.0 Å². The van der Waals surface area contributed by atoms with Gasteiger partial charge >= 0.3 is 0 Å². The van der Waals surface area contributed by atoms with Crippen molar-refractivity contribution in [3.8, 4) is 5.75 Å². The van der Waals surface area contributed by atoms with Gasteiger partial charge in [0.2, 0.25) is 0 Å². The molecule has 0 fully saturated rings. The summed E-state index contributed by atoms with van der Waals surface area (Å²) in [7, 11) is 3.69. The van der Waals surface area contributed by atoms with E-state index in [0.29, 0.717) is 23.6 Å². The summed E-state index contributed by atoms with van der Waals surface area (Å²) in [5.41, 5.74) is 10.3. The van der Waals surface area contributed by atoms with Crippen LogP contribution in [-0.4, -0.2) is 30.1 Å². The van der Waals surface area contributed by atoms with Gasteiger partial charge in [0.1, 0.15) is 11.9 Å². The number of rotatable bonds is 5. The number of aryl methyl sites for hydroxylation is 1. The number of phenolic OH excluding ortho intramolecular Hbond substituents is 1. The minimum atomic E-state index is -0.988. The van der Waals surface area contributed by atoms with Crippen molar-refractivity contribution in [1.29, 1.82) is 0 Å². The van der Waals surface area contributed by atoms with Gasteiger partial charge < -0.3 is 15.7 Å². The van der Waals surface area contributed by atoms with Crippen LogP contribution in [-0.2, 0) is 18.3 Å². The van der Waals surface area contributed by atoms with Crippen LogP contribution in [0.25, 0.3) is 0 Å². The van der Waals surface area contributed by atoms with Crippen molar-refractivity contribution in [2.75, 3.05) is 14.1 Å². The quantitative estimate of drug-likeness (QED) is 0.602. The van der Waals surface area contributed by atoms with E-state index in [0.717, 1.165) is 29.5 Å². The molecule has 0 heterocycles. The number of hydrogen-bond donors (Lipinski definition) is 2. The van der Waals surface area contributed by atoms with Crippen LogP contribution in [0.1, 0.15) is 41.8 Å². The maximum absolute atomic E-state index is 13.6. The Bertz CT molecular complexity index is 903. The summed E-state index contributed by atoms with van der Waals surface area (Å²) in [5, 5.41) is 9.88. The topological polar surface area (TPSA) is 61.8 Å². The average Bonchev–Trinajstić information content (AvgIpc) is 3.00. The number of aliphatic imine (C=N–C) groups is 1. The van der Waals surface area contributed by atoms with Crippen molar-refractivity contribution in [1.82, 2.24) is 4.90 Å². The van der Waals surface area contributed by atoms with E-state index in [1.54, 1.807) is 11.0 Å². The second-order valence-electron chi connectivity index (χ2n) is 7.77. The highest BCUT2D eigenvalue weighted by Crippen LogP contribution is 2.47. The Morgan fingerprint density at radius 2 is 1.96 bits per heavy atom. The van der Waals surface area contributed by atoms with E-state index in [2.05, 4.69) is 11.6 Å². The summed E-state index contributed by atoms with van der Waals surface area (Å²) < 4.78 is 13.6. The minimum absolute atomic E-state index is 0.262. The molecule has 0 bridgehead atoms. The SMILES string of the molecule is C=C(N=C(N)N(C)C)C1(Cc2ccc(C(C)F)cc2)CCc2cc(O)ccc21. The number of allylic oxidation sites excluding steroid dienone is 1. The first-order chi connectivity index (χ1) is 13.2. The molecule has 2 aromatic carbocycles. The van der Waals surface area contributed by atoms with E-state index in [1.165, 1.54) is 6.92 Å². The predicted molar refractivity (Wildman–Crippen MR) is 112 cm³/mol. The molecule has 0 saturated carbocycles. The van der Waals surface area contributed by atoms with Crippen molar-refractivity contribution >= 4 is 5.96 Å². The molecule has 0 saturated heterocycles. The number of fused-ring (bicyclic) bond motifs is 1. The van der Waals surface area contributed by atoms with Crippen LogP contribution < -0.4 is 5.73 Å². The molecular formula is C23H28FN3O. The first-order valence-electron chi connectivity index (χ1n) is 9.49. The lowest BCUT2D eigenvalue weighted by Gasteiger charge is -2.31. The van der Waals surface area contributed by atoms with Gasteiger partial charge in [0.15, 0.2) is 5.96 Å². The van der Waals surface area contributed by atoms with Gasteiger partial charge in [-0.15, -0.1) is 0 Å². The van der Waals surface area contributed by atoms with E-state index in [9.17, 15) is 9.50 Å². The van der Waals surface area contributed by atoms with Gasteiger partial charge in [0.25, 0.3) is 0 Å². The van der Waals surface area contributed by atoms with Crippen LogP contribution in [0, 0.1) is 0 Å². The van der Waals surface area contributed by atoms with Crippen LogP contribution in [0.2, 0.25) is 0 Å². The molecule has 5 heteroatoms.